The zero-order valence-electron chi connectivity index (χ0n) is 10.9. The molecule has 0 unspecified atom stereocenters. The zero-order chi connectivity index (χ0) is 13.0. The van der Waals surface area contributed by atoms with E-state index in [1.165, 1.54) is 11.3 Å². The highest BCUT2D eigenvalue weighted by atomic mass is 32.1. The van der Waals surface area contributed by atoms with E-state index in [-0.39, 0.29) is 5.78 Å². The van der Waals surface area contributed by atoms with Gasteiger partial charge in [0, 0.05) is 39.1 Å². The number of likely N-dealkylation sites (N-methyl/N-ethyl adjacent to an activating group) is 1. The first-order valence-electron chi connectivity index (χ1n) is 6.52. The molecule has 100 valence electrons. The molecule has 0 aliphatic carbocycles. The maximum atomic E-state index is 11.9. The summed E-state index contributed by atoms with van der Waals surface area (Å²) >= 11 is 1.39. The van der Waals surface area contributed by atoms with Gasteiger partial charge in [-0.2, -0.15) is 0 Å². The normalized spacial score (nSPS) is 18.1. The Hall–Kier alpha value is -0.910. The lowest BCUT2D eigenvalue weighted by molar-refractivity contribution is 0.0935. The van der Waals surface area contributed by atoms with Gasteiger partial charge >= 0.3 is 0 Å². The van der Waals surface area contributed by atoms with Crippen LogP contribution in [0.3, 0.4) is 0 Å². The van der Waals surface area contributed by atoms with E-state index in [4.69, 9.17) is 5.73 Å². The van der Waals surface area contributed by atoms with Gasteiger partial charge in [0.05, 0.1) is 9.88 Å². The van der Waals surface area contributed by atoms with Crippen LogP contribution in [-0.2, 0) is 0 Å². The number of rotatable bonds is 5. The third-order valence-corrected chi connectivity index (χ3v) is 4.42. The summed E-state index contributed by atoms with van der Waals surface area (Å²) in [4.78, 5) is 17.5. The third-order valence-electron chi connectivity index (χ3n) is 3.47. The van der Waals surface area contributed by atoms with Gasteiger partial charge in [-0.15, -0.1) is 11.3 Å². The fraction of sp³-hybridized carbons (Fsp3) is 0.615. The number of carbonyl (C=O) groups is 1. The van der Waals surface area contributed by atoms with Crippen molar-refractivity contribution >= 4 is 22.1 Å². The van der Waals surface area contributed by atoms with Crippen molar-refractivity contribution in [3.8, 4) is 0 Å². The molecule has 1 fully saturated rings. The number of hydrogen-bond donors (Lipinski definition) is 1. The molecule has 18 heavy (non-hydrogen) atoms. The van der Waals surface area contributed by atoms with Gasteiger partial charge < -0.3 is 15.5 Å². The predicted octanol–water partition coefficient (Wildman–Crippen LogP) is 1.54. The van der Waals surface area contributed by atoms with Crippen molar-refractivity contribution in [2.45, 2.75) is 13.3 Å². The topological polar surface area (TPSA) is 49.6 Å². The number of nitrogens with two attached hydrogens (primary N) is 1. The fourth-order valence-electron chi connectivity index (χ4n) is 2.21. The molecule has 1 aliphatic rings. The Morgan fingerprint density at radius 1 is 1.28 bits per heavy atom. The first-order chi connectivity index (χ1) is 8.69. The number of anilines is 1. The molecule has 1 aromatic rings. The molecule has 0 bridgehead atoms. The van der Waals surface area contributed by atoms with Crippen molar-refractivity contribution in [1.82, 2.24) is 9.80 Å². The standard InChI is InChI=1S/C13H21N3OS/c1-2-15-7-9-16(10-8-15)6-5-11(17)12-3-4-13(14)18-12/h3-4H,2,5-10,14H2,1H3. The average Bonchev–Trinajstić information content (AvgIpc) is 2.83. The summed E-state index contributed by atoms with van der Waals surface area (Å²) < 4.78 is 0. The van der Waals surface area contributed by atoms with Gasteiger partial charge in [0.1, 0.15) is 0 Å². The van der Waals surface area contributed by atoms with Crippen LogP contribution in [0.5, 0.6) is 0 Å². The van der Waals surface area contributed by atoms with Gasteiger partial charge in [-0.05, 0) is 18.7 Å². The second-order valence-electron chi connectivity index (χ2n) is 4.65. The number of carbonyl (C=O) groups excluding carboxylic acids is 1. The summed E-state index contributed by atoms with van der Waals surface area (Å²) in [5, 5.41) is 0.718. The summed E-state index contributed by atoms with van der Waals surface area (Å²) in [5.74, 6) is 0.217. The minimum absolute atomic E-state index is 0.217. The monoisotopic (exact) mass is 267 g/mol. The van der Waals surface area contributed by atoms with Crippen LogP contribution in [-0.4, -0.2) is 54.9 Å². The molecule has 0 radical (unpaired) electrons. The molecule has 0 spiro atoms. The minimum Gasteiger partial charge on any atom is -0.391 e. The summed E-state index contributed by atoms with van der Waals surface area (Å²) in [6.45, 7) is 8.59. The second-order valence-corrected chi connectivity index (χ2v) is 5.77. The maximum absolute atomic E-state index is 11.9. The smallest absolute Gasteiger partial charge is 0.174 e. The Morgan fingerprint density at radius 2 is 1.94 bits per heavy atom. The first kappa shape index (κ1) is 13.5. The molecule has 0 atom stereocenters. The van der Waals surface area contributed by atoms with E-state index in [0.29, 0.717) is 6.42 Å². The molecule has 4 nitrogen and oxygen atoms in total. The zero-order valence-corrected chi connectivity index (χ0v) is 11.7. The predicted molar refractivity (Wildman–Crippen MR) is 76.2 cm³/mol. The molecule has 1 aromatic heterocycles. The van der Waals surface area contributed by atoms with Gasteiger partial charge in [0.25, 0.3) is 0 Å². The van der Waals surface area contributed by atoms with E-state index in [9.17, 15) is 4.79 Å². The average molecular weight is 267 g/mol. The Labute approximate surface area is 112 Å². The fourth-order valence-corrected chi connectivity index (χ4v) is 2.96. The van der Waals surface area contributed by atoms with Gasteiger partial charge in [0.2, 0.25) is 0 Å². The van der Waals surface area contributed by atoms with E-state index in [0.717, 1.165) is 49.1 Å². The third kappa shape index (κ3) is 3.54. The summed E-state index contributed by atoms with van der Waals surface area (Å²) in [5.41, 5.74) is 5.64. The molecular weight excluding hydrogens is 246 g/mol. The largest absolute Gasteiger partial charge is 0.391 e. The lowest BCUT2D eigenvalue weighted by atomic mass is 10.2. The minimum atomic E-state index is 0.217. The van der Waals surface area contributed by atoms with E-state index in [1.54, 1.807) is 6.07 Å². The van der Waals surface area contributed by atoms with E-state index >= 15 is 0 Å². The molecule has 1 aliphatic heterocycles. The van der Waals surface area contributed by atoms with E-state index in [2.05, 4.69) is 16.7 Å². The maximum Gasteiger partial charge on any atom is 0.174 e. The Balaban J connectivity index is 1.74. The highest BCUT2D eigenvalue weighted by Crippen LogP contribution is 2.19. The molecule has 0 amide bonds. The SMILES string of the molecule is CCN1CCN(CCC(=O)c2ccc(N)s2)CC1. The van der Waals surface area contributed by atoms with Crippen molar-refractivity contribution in [1.29, 1.82) is 0 Å². The molecule has 2 rings (SSSR count). The van der Waals surface area contributed by atoms with Gasteiger partial charge in [0.15, 0.2) is 5.78 Å². The number of Topliss-reactive ketones (excluding diaryl/α,β-unsaturated/α-hetero) is 1. The van der Waals surface area contributed by atoms with E-state index in [1.807, 2.05) is 6.07 Å². The van der Waals surface area contributed by atoms with Gasteiger partial charge in [-0.3, -0.25) is 4.79 Å². The number of piperazine rings is 1. The highest BCUT2D eigenvalue weighted by molar-refractivity contribution is 7.17. The van der Waals surface area contributed by atoms with Crippen molar-refractivity contribution in [3.63, 3.8) is 0 Å². The Kier molecular flexibility index (Phi) is 4.74. The van der Waals surface area contributed by atoms with Crippen molar-refractivity contribution in [2.24, 2.45) is 0 Å². The molecule has 2 heterocycles. The second kappa shape index (κ2) is 6.31. The molecule has 0 aromatic carbocycles. The highest BCUT2D eigenvalue weighted by Gasteiger charge is 2.16. The molecule has 5 heteroatoms. The van der Waals surface area contributed by atoms with Crippen LogP contribution in [0.2, 0.25) is 0 Å². The number of ketones is 1. The van der Waals surface area contributed by atoms with Crippen molar-refractivity contribution in [2.75, 3.05) is 45.0 Å². The van der Waals surface area contributed by atoms with Crippen LogP contribution in [0.15, 0.2) is 12.1 Å². The molecular formula is C13H21N3OS. The number of thiophene rings is 1. The lowest BCUT2D eigenvalue weighted by Crippen LogP contribution is -2.46. The summed E-state index contributed by atoms with van der Waals surface area (Å²) in [6.07, 6.45) is 0.603. The van der Waals surface area contributed by atoms with Crippen LogP contribution in [0.4, 0.5) is 5.00 Å². The summed E-state index contributed by atoms with van der Waals surface area (Å²) in [7, 11) is 0. The van der Waals surface area contributed by atoms with Crippen LogP contribution in [0, 0.1) is 0 Å². The molecule has 2 N–H and O–H groups in total. The lowest BCUT2D eigenvalue weighted by Gasteiger charge is -2.33. The Morgan fingerprint density at radius 3 is 2.50 bits per heavy atom. The van der Waals surface area contributed by atoms with Gasteiger partial charge in [-0.25, -0.2) is 0 Å². The number of hydrogen-bond acceptors (Lipinski definition) is 5. The number of nitrogen functional groups attached to an aromatic ring is 1. The molecule has 1 saturated heterocycles. The van der Waals surface area contributed by atoms with E-state index < -0.39 is 0 Å². The van der Waals surface area contributed by atoms with Crippen LogP contribution in [0.25, 0.3) is 0 Å². The number of nitrogens with zero attached hydrogens (tertiary/aromatic N) is 2. The van der Waals surface area contributed by atoms with Crippen LogP contribution >= 0.6 is 11.3 Å². The van der Waals surface area contributed by atoms with Gasteiger partial charge in [-0.1, -0.05) is 6.92 Å². The van der Waals surface area contributed by atoms with Crippen LogP contribution < -0.4 is 5.73 Å². The quantitative estimate of drug-likeness (QED) is 0.822. The summed E-state index contributed by atoms with van der Waals surface area (Å²) in [6, 6.07) is 3.63. The van der Waals surface area contributed by atoms with Crippen molar-refractivity contribution in [3.05, 3.63) is 17.0 Å². The van der Waals surface area contributed by atoms with Crippen molar-refractivity contribution < 1.29 is 4.79 Å². The Bertz CT molecular complexity index is 397. The first-order valence-corrected chi connectivity index (χ1v) is 7.34. The van der Waals surface area contributed by atoms with Crippen LogP contribution in [0.1, 0.15) is 23.0 Å². The molecule has 0 saturated carbocycles.